The number of carboxylic acids is 1. The van der Waals surface area contributed by atoms with Crippen LogP contribution in [-0.2, 0) is 32.2 Å². The standard InChI is InChI=1S/C44H48N2O6/c1-29-40(27-46(3)30(2)35-22-21-33-10-4-5-11-37(33)24-35)51-44(52-43(29)34-19-17-31(28-47)18-20-34)39-14-7-13-38(25-39)36-12-6-9-32(23-36)26-45-41(48)15-8-16-42(49)50/h4-7,9-14,17-25,29-30,40,43-44,47H,8,15-16,26-28H2,1-3H3,(H,45,48)(H,49,50)/t29-,30-,40+,43+,44+/m1/s1. The highest BCUT2D eigenvalue weighted by atomic mass is 16.7. The van der Waals surface area contributed by atoms with Crippen molar-refractivity contribution in [1.29, 1.82) is 0 Å². The van der Waals surface area contributed by atoms with Crippen molar-refractivity contribution in [1.82, 2.24) is 10.2 Å². The molecule has 1 amide bonds. The number of carbonyl (C=O) groups excluding carboxylic acids is 1. The molecular weight excluding hydrogens is 652 g/mol. The molecule has 52 heavy (non-hydrogen) atoms. The van der Waals surface area contributed by atoms with E-state index in [1.807, 2.05) is 54.6 Å². The summed E-state index contributed by atoms with van der Waals surface area (Å²) in [6, 6.07) is 39.5. The third kappa shape index (κ3) is 9.13. The molecule has 5 atom stereocenters. The number of nitrogens with zero attached hydrogens (tertiary/aromatic N) is 1. The fraction of sp³-hybridized carbons (Fsp3) is 0.318. The number of fused-ring (bicyclic) bond motifs is 1. The van der Waals surface area contributed by atoms with Crippen molar-refractivity contribution in [3.05, 3.63) is 143 Å². The molecule has 0 bridgehead atoms. The lowest BCUT2D eigenvalue weighted by Crippen LogP contribution is -2.44. The van der Waals surface area contributed by atoms with Crippen LogP contribution in [0.3, 0.4) is 0 Å². The zero-order valence-electron chi connectivity index (χ0n) is 30.1. The summed E-state index contributed by atoms with van der Waals surface area (Å²) in [5.74, 6) is -1.02. The molecule has 5 aromatic carbocycles. The van der Waals surface area contributed by atoms with Crippen molar-refractivity contribution in [2.45, 2.75) is 70.8 Å². The van der Waals surface area contributed by atoms with E-state index in [4.69, 9.17) is 14.6 Å². The molecule has 1 aliphatic heterocycles. The molecule has 0 spiro atoms. The van der Waals surface area contributed by atoms with Crippen LogP contribution in [0, 0.1) is 5.92 Å². The second kappa shape index (κ2) is 17.1. The van der Waals surface area contributed by atoms with Gasteiger partial charge in [0.1, 0.15) is 0 Å². The Morgan fingerprint density at radius 2 is 1.52 bits per heavy atom. The van der Waals surface area contributed by atoms with Crippen LogP contribution in [0.4, 0.5) is 0 Å². The molecule has 8 nitrogen and oxygen atoms in total. The SMILES string of the molecule is C[C@@H]1[C@H](CN(C)[C@H](C)c2ccc3ccccc3c2)O[C@H](c2cccc(-c3cccc(CNC(=O)CCCC(=O)O)c3)c2)O[C@@H]1c1ccc(CO)cc1. The monoisotopic (exact) mass is 700 g/mol. The van der Waals surface area contributed by atoms with Gasteiger partial charge in [-0.15, -0.1) is 0 Å². The molecule has 1 aliphatic rings. The van der Waals surface area contributed by atoms with E-state index in [1.54, 1.807) is 0 Å². The molecule has 270 valence electrons. The lowest BCUT2D eigenvalue weighted by atomic mass is 9.89. The molecule has 0 aromatic heterocycles. The Kier molecular flexibility index (Phi) is 12.1. The van der Waals surface area contributed by atoms with Gasteiger partial charge in [-0.2, -0.15) is 0 Å². The first-order chi connectivity index (χ1) is 25.2. The van der Waals surface area contributed by atoms with Crippen LogP contribution in [0.5, 0.6) is 0 Å². The third-order valence-electron chi connectivity index (χ3n) is 10.2. The smallest absolute Gasteiger partial charge is 0.303 e. The van der Waals surface area contributed by atoms with Gasteiger partial charge in [-0.25, -0.2) is 0 Å². The van der Waals surface area contributed by atoms with E-state index in [9.17, 15) is 14.7 Å². The highest BCUT2D eigenvalue weighted by molar-refractivity contribution is 5.83. The molecule has 1 heterocycles. The van der Waals surface area contributed by atoms with E-state index in [2.05, 4.69) is 91.8 Å². The molecule has 3 N–H and O–H groups in total. The normalized spacial score (nSPS) is 19.4. The summed E-state index contributed by atoms with van der Waals surface area (Å²) >= 11 is 0. The van der Waals surface area contributed by atoms with Crippen molar-refractivity contribution in [2.75, 3.05) is 13.6 Å². The van der Waals surface area contributed by atoms with Gasteiger partial charge in [-0.3, -0.25) is 14.5 Å². The molecular formula is C44H48N2O6. The molecule has 0 unspecified atom stereocenters. The van der Waals surface area contributed by atoms with Crippen LogP contribution in [0.15, 0.2) is 115 Å². The van der Waals surface area contributed by atoms with E-state index in [1.165, 1.54) is 16.3 Å². The summed E-state index contributed by atoms with van der Waals surface area (Å²) in [5, 5.41) is 23.9. The van der Waals surface area contributed by atoms with Crippen LogP contribution in [-0.4, -0.2) is 46.7 Å². The van der Waals surface area contributed by atoms with E-state index in [-0.39, 0.29) is 49.5 Å². The van der Waals surface area contributed by atoms with Gasteiger partial charge in [0.2, 0.25) is 5.91 Å². The predicted octanol–water partition coefficient (Wildman–Crippen LogP) is 8.35. The van der Waals surface area contributed by atoms with Gasteiger partial charge in [0.15, 0.2) is 6.29 Å². The van der Waals surface area contributed by atoms with Gasteiger partial charge in [0.05, 0.1) is 18.8 Å². The topological polar surface area (TPSA) is 108 Å². The summed E-state index contributed by atoms with van der Waals surface area (Å²) in [6.45, 7) is 5.46. The maximum absolute atomic E-state index is 12.3. The number of ether oxygens (including phenoxy) is 2. The lowest BCUT2D eigenvalue weighted by Gasteiger charge is -2.43. The van der Waals surface area contributed by atoms with Crippen LogP contribution < -0.4 is 5.32 Å². The highest BCUT2D eigenvalue weighted by Crippen LogP contribution is 2.43. The third-order valence-corrected chi connectivity index (χ3v) is 10.2. The number of aliphatic hydroxyl groups is 1. The van der Waals surface area contributed by atoms with Gasteiger partial charge in [0.25, 0.3) is 0 Å². The van der Waals surface area contributed by atoms with Crippen molar-refractivity contribution >= 4 is 22.6 Å². The Morgan fingerprint density at radius 3 is 2.27 bits per heavy atom. The Bertz CT molecular complexity index is 1980. The average Bonchev–Trinajstić information content (AvgIpc) is 3.17. The summed E-state index contributed by atoms with van der Waals surface area (Å²) < 4.78 is 13.6. The van der Waals surface area contributed by atoms with E-state index in [0.29, 0.717) is 19.5 Å². The quantitative estimate of drug-likeness (QED) is 0.107. The van der Waals surface area contributed by atoms with Gasteiger partial charge in [-0.1, -0.05) is 104 Å². The zero-order valence-corrected chi connectivity index (χ0v) is 30.1. The van der Waals surface area contributed by atoms with Crippen LogP contribution in [0.25, 0.3) is 21.9 Å². The van der Waals surface area contributed by atoms with E-state index >= 15 is 0 Å². The van der Waals surface area contributed by atoms with Crippen LogP contribution in [0.2, 0.25) is 0 Å². The Hall–Kier alpha value is -4.86. The van der Waals surface area contributed by atoms with Crippen molar-refractivity contribution in [2.24, 2.45) is 5.92 Å². The summed E-state index contributed by atoms with van der Waals surface area (Å²) in [4.78, 5) is 25.4. The lowest BCUT2D eigenvalue weighted by molar-refractivity contribution is -0.276. The number of nitrogens with one attached hydrogen (secondary N) is 1. The number of carbonyl (C=O) groups is 2. The Morgan fingerprint density at radius 1 is 0.788 bits per heavy atom. The second-order valence-corrected chi connectivity index (χ2v) is 13.9. The van der Waals surface area contributed by atoms with Gasteiger partial charge >= 0.3 is 5.97 Å². The molecule has 0 saturated carbocycles. The second-order valence-electron chi connectivity index (χ2n) is 13.9. The van der Waals surface area contributed by atoms with Gasteiger partial charge < -0.3 is 25.0 Å². The molecule has 0 aliphatic carbocycles. The number of carboxylic acid groups (broad SMARTS) is 1. The molecule has 0 radical (unpaired) electrons. The maximum Gasteiger partial charge on any atom is 0.303 e. The largest absolute Gasteiger partial charge is 0.481 e. The molecule has 6 rings (SSSR count). The van der Waals surface area contributed by atoms with Crippen molar-refractivity contribution in [3.63, 3.8) is 0 Å². The number of hydrogen-bond acceptors (Lipinski definition) is 6. The fourth-order valence-corrected chi connectivity index (χ4v) is 6.91. The average molecular weight is 701 g/mol. The minimum absolute atomic E-state index is 0.0136. The first-order valence-corrected chi connectivity index (χ1v) is 18.1. The van der Waals surface area contributed by atoms with Gasteiger partial charge in [0, 0.05) is 43.5 Å². The molecule has 5 aromatic rings. The summed E-state index contributed by atoms with van der Waals surface area (Å²) in [6.07, 6.45) is -0.507. The summed E-state index contributed by atoms with van der Waals surface area (Å²) in [7, 11) is 2.15. The van der Waals surface area contributed by atoms with Crippen LogP contribution in [0.1, 0.15) is 79.4 Å². The maximum atomic E-state index is 12.3. The number of amides is 1. The predicted molar refractivity (Wildman–Crippen MR) is 203 cm³/mol. The first kappa shape index (κ1) is 36.9. The number of benzene rings is 5. The number of aliphatic hydroxyl groups excluding tert-OH is 1. The zero-order chi connectivity index (χ0) is 36.6. The van der Waals surface area contributed by atoms with Crippen molar-refractivity contribution in [3.8, 4) is 11.1 Å². The fourth-order valence-electron chi connectivity index (χ4n) is 6.91. The molecule has 1 fully saturated rings. The number of rotatable bonds is 14. The minimum Gasteiger partial charge on any atom is -0.481 e. The highest BCUT2D eigenvalue weighted by Gasteiger charge is 2.39. The first-order valence-electron chi connectivity index (χ1n) is 18.1. The molecule has 8 heteroatoms. The van der Waals surface area contributed by atoms with Crippen molar-refractivity contribution < 1.29 is 29.3 Å². The molecule has 1 saturated heterocycles. The summed E-state index contributed by atoms with van der Waals surface area (Å²) in [5.41, 5.74) is 7.01. The minimum atomic E-state index is -0.900. The van der Waals surface area contributed by atoms with E-state index in [0.717, 1.165) is 33.4 Å². The number of likely N-dealkylation sites (N-methyl/N-ethyl adjacent to an activating group) is 1. The van der Waals surface area contributed by atoms with E-state index < -0.39 is 12.3 Å². The number of hydrogen-bond donors (Lipinski definition) is 3. The van der Waals surface area contributed by atoms with Gasteiger partial charge in [-0.05, 0) is 82.7 Å². The number of aliphatic carboxylic acids is 1. The van der Waals surface area contributed by atoms with Crippen LogP contribution >= 0.6 is 0 Å². The Labute approximate surface area is 306 Å². The Balaban J connectivity index is 1.21.